The van der Waals surface area contributed by atoms with Crippen LogP contribution in [0.4, 0.5) is 0 Å². The van der Waals surface area contributed by atoms with Crippen LogP contribution in [0.3, 0.4) is 0 Å². The van der Waals surface area contributed by atoms with Crippen LogP contribution in [0, 0.1) is 0 Å². The third kappa shape index (κ3) is 3.04. The van der Waals surface area contributed by atoms with Crippen LogP contribution in [0.25, 0.3) is 0 Å². The van der Waals surface area contributed by atoms with E-state index in [1.165, 1.54) is 9.88 Å². The molecule has 1 aromatic heterocycles. The fourth-order valence-corrected chi connectivity index (χ4v) is 2.49. The van der Waals surface area contributed by atoms with Gasteiger partial charge in [-0.25, -0.2) is 4.98 Å². The highest BCUT2D eigenvalue weighted by Gasteiger charge is 2.09. The summed E-state index contributed by atoms with van der Waals surface area (Å²) >= 11 is 1.79. The first-order chi connectivity index (χ1) is 6.81. The number of nitrogens with zero attached hydrogens (tertiary/aromatic N) is 1. The Morgan fingerprint density at radius 2 is 2.29 bits per heavy atom. The second-order valence-electron chi connectivity index (χ2n) is 3.19. The molecule has 80 valence electrons. The molecule has 0 aliphatic heterocycles. The van der Waals surface area contributed by atoms with E-state index in [9.17, 15) is 0 Å². The smallest absolute Gasteiger partial charge is 0.0932 e. The van der Waals surface area contributed by atoms with Gasteiger partial charge in [-0.1, -0.05) is 6.92 Å². The number of thiazole rings is 1. The zero-order valence-corrected chi connectivity index (χ0v) is 9.91. The van der Waals surface area contributed by atoms with Gasteiger partial charge in [-0.3, -0.25) is 0 Å². The molecule has 1 heterocycles. The van der Waals surface area contributed by atoms with Gasteiger partial charge < -0.3 is 10.1 Å². The van der Waals surface area contributed by atoms with Crippen molar-refractivity contribution in [3.8, 4) is 0 Å². The molecule has 0 amide bonds. The number of hydrogen-bond donors (Lipinski definition) is 1. The summed E-state index contributed by atoms with van der Waals surface area (Å²) in [5.41, 5.74) is 1.09. The molecule has 1 rings (SSSR count). The van der Waals surface area contributed by atoms with E-state index in [-0.39, 0.29) is 0 Å². The van der Waals surface area contributed by atoms with E-state index >= 15 is 0 Å². The van der Waals surface area contributed by atoms with Gasteiger partial charge in [0.25, 0.3) is 0 Å². The van der Waals surface area contributed by atoms with Crippen LogP contribution in [0.1, 0.15) is 28.9 Å². The van der Waals surface area contributed by atoms with Gasteiger partial charge >= 0.3 is 0 Å². The minimum atomic E-state index is 0.622. The lowest BCUT2D eigenvalue weighted by Crippen LogP contribution is -2.06. The summed E-state index contributed by atoms with van der Waals surface area (Å²) in [6.45, 7) is 3.69. The third-order valence-corrected chi connectivity index (χ3v) is 3.06. The molecule has 14 heavy (non-hydrogen) atoms. The van der Waals surface area contributed by atoms with Gasteiger partial charge in [0.1, 0.15) is 0 Å². The molecule has 0 aliphatic rings. The molecule has 0 radical (unpaired) electrons. The first-order valence-corrected chi connectivity index (χ1v) is 5.74. The lowest BCUT2D eigenvalue weighted by molar-refractivity contribution is 0.181. The molecule has 0 aliphatic carbocycles. The predicted octanol–water partition coefficient (Wildman–Crippen LogP) is 1.96. The maximum atomic E-state index is 5.12. The van der Waals surface area contributed by atoms with Gasteiger partial charge in [-0.2, -0.15) is 0 Å². The Bertz CT molecular complexity index is 250. The van der Waals surface area contributed by atoms with Crippen molar-refractivity contribution in [2.24, 2.45) is 0 Å². The van der Waals surface area contributed by atoms with Gasteiger partial charge in [0.15, 0.2) is 0 Å². The molecule has 0 spiro atoms. The molecule has 1 N–H and O–H groups in total. The minimum absolute atomic E-state index is 0.622. The van der Waals surface area contributed by atoms with Crippen molar-refractivity contribution in [3.05, 3.63) is 15.6 Å². The number of aryl methyl sites for hydroxylation is 1. The molecule has 3 nitrogen and oxygen atoms in total. The van der Waals surface area contributed by atoms with Crippen LogP contribution in [0.15, 0.2) is 0 Å². The summed E-state index contributed by atoms with van der Waals surface area (Å²) in [6, 6.07) is 0. The monoisotopic (exact) mass is 214 g/mol. The lowest BCUT2D eigenvalue weighted by atomic mass is 10.3. The van der Waals surface area contributed by atoms with Crippen molar-refractivity contribution in [2.75, 3.05) is 14.2 Å². The molecule has 0 unspecified atom stereocenters. The molecule has 0 fully saturated rings. The highest BCUT2D eigenvalue weighted by atomic mass is 32.1. The van der Waals surface area contributed by atoms with Gasteiger partial charge in [-0.15, -0.1) is 11.3 Å². The molecule has 4 heteroatoms. The van der Waals surface area contributed by atoms with Gasteiger partial charge in [0, 0.05) is 18.5 Å². The van der Waals surface area contributed by atoms with Crippen LogP contribution in [-0.2, 0) is 24.3 Å². The van der Waals surface area contributed by atoms with Crippen molar-refractivity contribution in [2.45, 2.75) is 32.9 Å². The average Bonchev–Trinajstić information content (AvgIpc) is 2.50. The highest BCUT2D eigenvalue weighted by molar-refractivity contribution is 7.11. The zero-order chi connectivity index (χ0) is 10.4. The lowest BCUT2D eigenvalue weighted by Gasteiger charge is -1.98. The normalized spacial score (nSPS) is 10.8. The van der Waals surface area contributed by atoms with E-state index in [2.05, 4.69) is 17.2 Å². The maximum Gasteiger partial charge on any atom is 0.0932 e. The number of methoxy groups -OCH3 is 1. The topological polar surface area (TPSA) is 34.1 Å². The van der Waals surface area contributed by atoms with E-state index in [0.29, 0.717) is 6.61 Å². The van der Waals surface area contributed by atoms with Gasteiger partial charge in [-0.05, 0) is 19.9 Å². The van der Waals surface area contributed by atoms with E-state index in [4.69, 9.17) is 4.74 Å². The van der Waals surface area contributed by atoms with E-state index in [1.807, 2.05) is 7.05 Å². The maximum absolute atomic E-state index is 5.12. The first-order valence-electron chi connectivity index (χ1n) is 4.92. The minimum Gasteiger partial charge on any atom is -0.378 e. The van der Waals surface area contributed by atoms with Crippen molar-refractivity contribution in [3.63, 3.8) is 0 Å². The van der Waals surface area contributed by atoms with Crippen molar-refractivity contribution < 1.29 is 4.74 Å². The number of nitrogens with one attached hydrogen (secondary N) is 1. The van der Waals surface area contributed by atoms with E-state index < -0.39 is 0 Å². The van der Waals surface area contributed by atoms with Crippen LogP contribution in [-0.4, -0.2) is 19.1 Å². The predicted molar refractivity (Wildman–Crippen MR) is 59.6 cm³/mol. The average molecular weight is 214 g/mol. The van der Waals surface area contributed by atoms with Crippen LogP contribution >= 0.6 is 11.3 Å². The Balaban J connectivity index is 2.76. The first kappa shape index (κ1) is 11.6. The SMILES string of the molecule is CCCc1nc(COC)c(CNC)s1. The molecule has 0 aromatic carbocycles. The fourth-order valence-electron chi connectivity index (χ4n) is 1.31. The quantitative estimate of drug-likeness (QED) is 0.786. The number of hydrogen-bond acceptors (Lipinski definition) is 4. The summed E-state index contributed by atoms with van der Waals surface area (Å²) < 4.78 is 5.12. The van der Waals surface area contributed by atoms with Crippen LogP contribution < -0.4 is 5.32 Å². The van der Waals surface area contributed by atoms with Gasteiger partial charge in [0.05, 0.1) is 17.3 Å². The molecule has 0 saturated carbocycles. The summed E-state index contributed by atoms with van der Waals surface area (Å²) in [7, 11) is 3.66. The molecule has 0 saturated heterocycles. The van der Waals surface area contributed by atoms with Crippen molar-refractivity contribution >= 4 is 11.3 Å². The Morgan fingerprint density at radius 1 is 1.50 bits per heavy atom. The summed E-state index contributed by atoms with van der Waals surface area (Å²) in [4.78, 5) is 5.87. The van der Waals surface area contributed by atoms with Crippen LogP contribution in [0.2, 0.25) is 0 Å². The van der Waals surface area contributed by atoms with E-state index in [1.54, 1.807) is 18.4 Å². The molecule has 0 atom stereocenters. The number of ether oxygens (including phenoxy) is 1. The summed E-state index contributed by atoms with van der Waals surface area (Å²) in [5.74, 6) is 0. The zero-order valence-electron chi connectivity index (χ0n) is 9.09. The summed E-state index contributed by atoms with van der Waals surface area (Å²) in [6.07, 6.45) is 2.23. The fraction of sp³-hybridized carbons (Fsp3) is 0.700. The Kier molecular flexibility index (Phi) is 5.07. The number of aromatic nitrogens is 1. The third-order valence-electron chi connectivity index (χ3n) is 1.90. The Morgan fingerprint density at radius 3 is 2.86 bits per heavy atom. The van der Waals surface area contributed by atoms with Crippen LogP contribution in [0.5, 0.6) is 0 Å². The second-order valence-corrected chi connectivity index (χ2v) is 4.36. The molecule has 0 bridgehead atoms. The molecule has 1 aromatic rings. The molecular weight excluding hydrogens is 196 g/mol. The van der Waals surface area contributed by atoms with Gasteiger partial charge in [0.2, 0.25) is 0 Å². The van der Waals surface area contributed by atoms with E-state index in [0.717, 1.165) is 25.1 Å². The highest BCUT2D eigenvalue weighted by Crippen LogP contribution is 2.20. The summed E-state index contributed by atoms with van der Waals surface area (Å²) in [5, 5.41) is 4.38. The Labute approximate surface area is 89.5 Å². The number of rotatable bonds is 6. The molecular formula is C10H18N2OS. The van der Waals surface area contributed by atoms with Crippen molar-refractivity contribution in [1.29, 1.82) is 0 Å². The largest absolute Gasteiger partial charge is 0.378 e. The standard InChI is InChI=1S/C10H18N2OS/c1-4-5-10-12-8(7-13-3)9(14-10)6-11-2/h11H,4-7H2,1-3H3. The van der Waals surface area contributed by atoms with Crippen molar-refractivity contribution in [1.82, 2.24) is 10.3 Å². The second kappa shape index (κ2) is 6.11. The Hall–Kier alpha value is -0.450.